The Balaban J connectivity index is 1.86. The Morgan fingerprint density at radius 2 is 1.76 bits per heavy atom. The van der Waals surface area contributed by atoms with Crippen LogP contribution in [0.15, 0.2) is 48.5 Å². The van der Waals surface area contributed by atoms with Gasteiger partial charge in [-0.2, -0.15) is 13.2 Å². The summed E-state index contributed by atoms with van der Waals surface area (Å²) < 4.78 is 58.7. The van der Waals surface area contributed by atoms with E-state index in [1.54, 1.807) is 6.92 Å². The van der Waals surface area contributed by atoms with Crippen molar-refractivity contribution < 1.29 is 27.1 Å². The van der Waals surface area contributed by atoms with E-state index in [0.29, 0.717) is 25.7 Å². The van der Waals surface area contributed by atoms with Crippen molar-refractivity contribution in [2.24, 2.45) is 0 Å². The molecule has 1 saturated heterocycles. The lowest BCUT2D eigenvalue weighted by atomic mass is 9.72. The van der Waals surface area contributed by atoms with Gasteiger partial charge in [0.15, 0.2) is 0 Å². The van der Waals surface area contributed by atoms with Crippen molar-refractivity contribution in [1.82, 2.24) is 4.90 Å². The summed E-state index contributed by atoms with van der Waals surface area (Å²) in [5.41, 5.74) is -1.25. The van der Waals surface area contributed by atoms with Crippen LogP contribution in [0.25, 0.3) is 0 Å². The molecule has 1 aliphatic heterocycles. The summed E-state index contributed by atoms with van der Waals surface area (Å²) >= 11 is 0. The second kappa shape index (κ2) is 8.53. The fourth-order valence-electron chi connectivity index (χ4n) is 3.87. The first kappa shape index (κ1) is 21.3. The van der Waals surface area contributed by atoms with Crippen LogP contribution in [-0.4, -0.2) is 30.6 Å². The van der Waals surface area contributed by atoms with Crippen LogP contribution in [0.1, 0.15) is 36.5 Å². The molecule has 156 valence electrons. The fraction of sp³-hybridized carbons (Fsp3) is 0.409. The van der Waals surface area contributed by atoms with Crippen LogP contribution in [0.5, 0.6) is 0 Å². The number of nitrogens with zero attached hydrogens (tertiary/aromatic N) is 1. The molecule has 2 aromatic carbocycles. The minimum absolute atomic E-state index is 0.0247. The van der Waals surface area contributed by atoms with Crippen LogP contribution >= 0.6 is 0 Å². The average Bonchev–Trinajstić information content (AvgIpc) is 2.69. The second-order valence-electron chi connectivity index (χ2n) is 7.26. The molecule has 29 heavy (non-hydrogen) atoms. The molecule has 0 bridgehead atoms. The highest BCUT2D eigenvalue weighted by Crippen LogP contribution is 2.40. The van der Waals surface area contributed by atoms with Crippen LogP contribution in [-0.2, 0) is 27.7 Å². The van der Waals surface area contributed by atoms with Crippen molar-refractivity contribution in [1.29, 1.82) is 0 Å². The number of carbonyl (C=O) groups excluding carboxylic acids is 1. The number of carbonyl (C=O) groups is 1. The number of rotatable bonds is 5. The number of halogens is 4. The van der Waals surface area contributed by atoms with Crippen molar-refractivity contribution in [2.75, 3.05) is 19.7 Å². The average molecular weight is 409 g/mol. The molecule has 7 heteroatoms. The first-order valence-electron chi connectivity index (χ1n) is 9.57. The maximum Gasteiger partial charge on any atom is 0.416 e. The molecule has 2 aromatic rings. The third-order valence-corrected chi connectivity index (χ3v) is 5.44. The van der Waals surface area contributed by atoms with Gasteiger partial charge in [0, 0.05) is 12.1 Å². The zero-order valence-corrected chi connectivity index (χ0v) is 16.1. The SMILES string of the molecule is CCOC(=O)C1(c2ccc(C(F)(F)F)cc2F)CCN(Cc2ccccc2)CC1. The predicted molar refractivity (Wildman–Crippen MR) is 101 cm³/mol. The van der Waals surface area contributed by atoms with Crippen molar-refractivity contribution >= 4 is 5.97 Å². The summed E-state index contributed by atoms with van der Waals surface area (Å²) in [5.74, 6) is -1.61. The lowest BCUT2D eigenvalue weighted by molar-refractivity contribution is -0.152. The van der Waals surface area contributed by atoms with E-state index in [1.165, 1.54) is 0 Å². The highest BCUT2D eigenvalue weighted by Gasteiger charge is 2.46. The van der Waals surface area contributed by atoms with Crippen molar-refractivity contribution in [3.63, 3.8) is 0 Å². The van der Waals surface area contributed by atoms with Gasteiger partial charge in [-0.3, -0.25) is 9.69 Å². The third kappa shape index (κ3) is 4.61. The molecule has 0 aromatic heterocycles. The molecule has 0 radical (unpaired) electrons. The van der Waals surface area contributed by atoms with Crippen LogP contribution < -0.4 is 0 Å². The molecule has 0 aliphatic carbocycles. The number of piperidine rings is 1. The van der Waals surface area contributed by atoms with E-state index in [2.05, 4.69) is 4.90 Å². The maximum atomic E-state index is 14.7. The summed E-state index contributed by atoms with van der Waals surface area (Å²) in [7, 11) is 0. The molecule has 1 aliphatic rings. The van der Waals surface area contributed by atoms with Crippen molar-refractivity contribution in [3.8, 4) is 0 Å². The zero-order chi connectivity index (χ0) is 21.1. The fourth-order valence-corrected chi connectivity index (χ4v) is 3.87. The predicted octanol–water partition coefficient (Wildman–Crippen LogP) is 4.94. The van der Waals surface area contributed by atoms with E-state index < -0.39 is 28.9 Å². The second-order valence-corrected chi connectivity index (χ2v) is 7.26. The Bertz CT molecular complexity index is 844. The number of hydrogen-bond acceptors (Lipinski definition) is 3. The first-order valence-corrected chi connectivity index (χ1v) is 9.57. The molecule has 0 saturated carbocycles. The number of esters is 1. The molecule has 1 fully saturated rings. The molecule has 0 N–H and O–H groups in total. The Morgan fingerprint density at radius 3 is 2.31 bits per heavy atom. The zero-order valence-electron chi connectivity index (χ0n) is 16.1. The van der Waals surface area contributed by atoms with Gasteiger partial charge in [-0.25, -0.2) is 4.39 Å². The summed E-state index contributed by atoms with van der Waals surface area (Å²) in [6.07, 6.45) is -4.09. The standard InChI is InChI=1S/C22H23F4NO2/c1-2-29-20(28)21(18-9-8-17(14-19(18)23)22(24,25)26)10-12-27(13-11-21)15-16-6-4-3-5-7-16/h3-9,14H,2,10-13,15H2,1H3. The van der Waals surface area contributed by atoms with E-state index in [-0.39, 0.29) is 25.0 Å². The Labute approximate surface area is 167 Å². The van der Waals surface area contributed by atoms with Gasteiger partial charge in [-0.15, -0.1) is 0 Å². The van der Waals surface area contributed by atoms with Crippen LogP contribution in [0.3, 0.4) is 0 Å². The molecular formula is C22H23F4NO2. The molecule has 0 unspecified atom stereocenters. The van der Waals surface area contributed by atoms with E-state index in [9.17, 15) is 22.4 Å². The number of hydrogen-bond donors (Lipinski definition) is 0. The van der Waals surface area contributed by atoms with Gasteiger partial charge in [-0.05, 0) is 50.6 Å². The van der Waals surface area contributed by atoms with Gasteiger partial charge >= 0.3 is 12.1 Å². The number of ether oxygens (including phenoxy) is 1. The smallest absolute Gasteiger partial charge is 0.416 e. The van der Waals surface area contributed by atoms with Crippen molar-refractivity contribution in [2.45, 2.75) is 37.9 Å². The third-order valence-electron chi connectivity index (χ3n) is 5.44. The highest BCUT2D eigenvalue weighted by molar-refractivity contribution is 5.83. The monoisotopic (exact) mass is 409 g/mol. The Hall–Kier alpha value is -2.41. The van der Waals surface area contributed by atoms with E-state index in [1.807, 2.05) is 30.3 Å². The molecule has 0 atom stereocenters. The quantitative estimate of drug-likeness (QED) is 0.518. The Morgan fingerprint density at radius 1 is 1.10 bits per heavy atom. The summed E-state index contributed by atoms with van der Waals surface area (Å²) in [4.78, 5) is 14.9. The van der Waals surface area contributed by atoms with Gasteiger partial charge in [-0.1, -0.05) is 36.4 Å². The van der Waals surface area contributed by atoms with Gasteiger partial charge in [0.05, 0.1) is 17.6 Å². The summed E-state index contributed by atoms with van der Waals surface area (Å²) in [5, 5.41) is 0. The summed E-state index contributed by atoms with van der Waals surface area (Å²) in [6.45, 7) is 3.48. The molecule has 0 spiro atoms. The minimum atomic E-state index is -4.64. The molecule has 3 rings (SSSR count). The van der Waals surface area contributed by atoms with Crippen LogP contribution in [0, 0.1) is 5.82 Å². The number of alkyl halides is 3. The molecule has 3 nitrogen and oxygen atoms in total. The lowest BCUT2D eigenvalue weighted by Gasteiger charge is -2.40. The van der Waals surface area contributed by atoms with Crippen molar-refractivity contribution in [3.05, 3.63) is 71.0 Å². The molecular weight excluding hydrogens is 386 g/mol. The van der Waals surface area contributed by atoms with Crippen LogP contribution in [0.2, 0.25) is 0 Å². The minimum Gasteiger partial charge on any atom is -0.465 e. The summed E-state index contributed by atoms with van der Waals surface area (Å²) in [6, 6.07) is 12.2. The topological polar surface area (TPSA) is 29.5 Å². The van der Waals surface area contributed by atoms with Gasteiger partial charge in [0.1, 0.15) is 5.82 Å². The maximum absolute atomic E-state index is 14.7. The molecule has 1 heterocycles. The van der Waals surface area contributed by atoms with E-state index in [4.69, 9.17) is 4.74 Å². The number of likely N-dealkylation sites (tertiary alicyclic amines) is 1. The van der Waals surface area contributed by atoms with E-state index in [0.717, 1.165) is 17.7 Å². The van der Waals surface area contributed by atoms with Crippen LogP contribution in [0.4, 0.5) is 17.6 Å². The Kier molecular flexibility index (Phi) is 6.27. The van der Waals surface area contributed by atoms with E-state index >= 15 is 0 Å². The number of benzene rings is 2. The van der Waals surface area contributed by atoms with Gasteiger partial charge in [0.25, 0.3) is 0 Å². The van der Waals surface area contributed by atoms with Gasteiger partial charge < -0.3 is 4.74 Å². The normalized spacial score (nSPS) is 17.1. The first-order chi connectivity index (χ1) is 13.8. The largest absolute Gasteiger partial charge is 0.465 e. The van der Waals surface area contributed by atoms with Gasteiger partial charge in [0.2, 0.25) is 0 Å². The lowest BCUT2D eigenvalue weighted by Crippen LogP contribution is -2.48. The highest BCUT2D eigenvalue weighted by atomic mass is 19.4. The molecule has 0 amide bonds.